The lowest BCUT2D eigenvalue weighted by Crippen LogP contribution is -2.42. The molecule has 0 bridgehead atoms. The molecule has 1 rings (SSSR count). The Labute approximate surface area is 123 Å². The molecule has 0 heterocycles. The Morgan fingerprint density at radius 3 is 2.57 bits per heavy atom. The molecule has 0 radical (unpaired) electrons. The van der Waals surface area contributed by atoms with Crippen molar-refractivity contribution in [3.05, 3.63) is 29.8 Å². The van der Waals surface area contributed by atoms with E-state index in [1.807, 2.05) is 6.92 Å². The molecule has 0 saturated carbocycles. The number of ether oxygens (including phenoxy) is 2. The van der Waals surface area contributed by atoms with Crippen molar-refractivity contribution < 1.29 is 23.0 Å². The molecule has 1 atom stereocenters. The molecule has 0 saturated heterocycles. The zero-order valence-electron chi connectivity index (χ0n) is 12.5. The first-order valence-electron chi connectivity index (χ1n) is 6.88. The van der Waals surface area contributed by atoms with Crippen LogP contribution in [-0.4, -0.2) is 25.7 Å². The highest BCUT2D eigenvalue weighted by molar-refractivity contribution is 5.71. The number of carbonyl (C=O) groups excluding carboxylic acids is 1. The predicted molar refractivity (Wildman–Crippen MR) is 75.4 cm³/mol. The molecule has 0 aliphatic rings. The summed E-state index contributed by atoms with van der Waals surface area (Å²) in [6, 6.07) is 6.45. The van der Waals surface area contributed by atoms with Crippen molar-refractivity contribution in [2.45, 2.75) is 39.3 Å². The average Bonchev–Trinajstić information content (AvgIpc) is 2.38. The van der Waals surface area contributed by atoms with Gasteiger partial charge in [-0.2, -0.15) is 8.78 Å². The number of alkyl halides is 2. The van der Waals surface area contributed by atoms with Gasteiger partial charge in [-0.3, -0.25) is 4.79 Å². The highest BCUT2D eigenvalue weighted by Gasteiger charge is 2.32. The van der Waals surface area contributed by atoms with Crippen molar-refractivity contribution >= 4 is 5.97 Å². The minimum atomic E-state index is -2.92. The number of esters is 1. The molecule has 0 aliphatic carbocycles. The van der Waals surface area contributed by atoms with Crippen LogP contribution in [0.5, 0.6) is 5.75 Å². The van der Waals surface area contributed by atoms with Gasteiger partial charge in [0.15, 0.2) is 0 Å². The van der Waals surface area contributed by atoms with Gasteiger partial charge in [-0.1, -0.05) is 25.1 Å². The van der Waals surface area contributed by atoms with Crippen LogP contribution in [0.3, 0.4) is 0 Å². The van der Waals surface area contributed by atoms with Gasteiger partial charge in [0.2, 0.25) is 0 Å². The van der Waals surface area contributed by atoms with E-state index < -0.39 is 18.1 Å². The third kappa shape index (κ3) is 4.97. The molecule has 0 aliphatic heterocycles. The van der Waals surface area contributed by atoms with Gasteiger partial charge in [0.1, 0.15) is 5.75 Å². The fourth-order valence-corrected chi connectivity index (χ4v) is 2.27. The summed E-state index contributed by atoms with van der Waals surface area (Å²) in [5.41, 5.74) is -0.341. The SMILES string of the molecule is CCNC(C)(CC(=O)OCC)c1ccccc1OC(F)F. The van der Waals surface area contributed by atoms with Crippen molar-refractivity contribution in [2.24, 2.45) is 0 Å². The molecule has 0 fully saturated rings. The van der Waals surface area contributed by atoms with Crippen LogP contribution in [0.15, 0.2) is 24.3 Å². The summed E-state index contributed by atoms with van der Waals surface area (Å²) in [6.07, 6.45) is 0.0261. The Morgan fingerprint density at radius 2 is 2.00 bits per heavy atom. The number of halogens is 2. The summed E-state index contributed by atoms with van der Waals surface area (Å²) < 4.78 is 34.6. The first-order chi connectivity index (χ1) is 9.92. The molecule has 21 heavy (non-hydrogen) atoms. The van der Waals surface area contributed by atoms with E-state index in [0.29, 0.717) is 12.1 Å². The van der Waals surface area contributed by atoms with E-state index in [-0.39, 0.29) is 18.8 Å². The van der Waals surface area contributed by atoms with Crippen molar-refractivity contribution in [2.75, 3.05) is 13.2 Å². The third-order valence-electron chi connectivity index (χ3n) is 3.07. The predicted octanol–water partition coefficient (Wildman–Crippen LogP) is 3.07. The first kappa shape index (κ1) is 17.4. The lowest BCUT2D eigenvalue weighted by molar-refractivity contribution is -0.144. The van der Waals surface area contributed by atoms with Crippen molar-refractivity contribution in [1.82, 2.24) is 5.32 Å². The van der Waals surface area contributed by atoms with E-state index in [1.54, 1.807) is 32.0 Å². The Balaban J connectivity index is 3.11. The highest BCUT2D eigenvalue weighted by Crippen LogP contribution is 2.33. The molecule has 4 nitrogen and oxygen atoms in total. The van der Waals surface area contributed by atoms with Gasteiger partial charge in [-0.15, -0.1) is 0 Å². The molecule has 1 unspecified atom stereocenters. The third-order valence-corrected chi connectivity index (χ3v) is 3.07. The maximum Gasteiger partial charge on any atom is 0.387 e. The standard InChI is InChI=1S/C15H21F2NO3/c1-4-18-15(3,10-13(19)20-5-2)11-8-6-7-9-12(11)21-14(16)17/h6-9,14,18H,4-5,10H2,1-3H3. The van der Waals surface area contributed by atoms with Crippen LogP contribution in [0, 0.1) is 0 Å². The number of hydrogen-bond donors (Lipinski definition) is 1. The van der Waals surface area contributed by atoms with Crippen LogP contribution in [-0.2, 0) is 15.1 Å². The molecular formula is C15H21F2NO3. The zero-order valence-corrected chi connectivity index (χ0v) is 12.5. The minimum Gasteiger partial charge on any atom is -0.466 e. The number of benzene rings is 1. The maximum atomic E-state index is 12.5. The Kier molecular flexibility index (Phi) is 6.55. The fraction of sp³-hybridized carbons (Fsp3) is 0.533. The molecule has 1 aromatic carbocycles. The summed E-state index contributed by atoms with van der Waals surface area (Å²) >= 11 is 0. The molecule has 0 amide bonds. The number of para-hydroxylation sites is 1. The normalized spacial score (nSPS) is 13.8. The molecular weight excluding hydrogens is 280 g/mol. The van der Waals surface area contributed by atoms with Crippen molar-refractivity contribution in [3.8, 4) is 5.75 Å². The Hall–Kier alpha value is -1.69. The highest BCUT2D eigenvalue weighted by atomic mass is 19.3. The Bertz CT molecular complexity index is 468. The second-order valence-corrected chi connectivity index (χ2v) is 4.72. The largest absolute Gasteiger partial charge is 0.466 e. The molecule has 1 aromatic rings. The minimum absolute atomic E-state index is 0.0261. The van der Waals surface area contributed by atoms with E-state index >= 15 is 0 Å². The van der Waals surface area contributed by atoms with Gasteiger partial charge in [0, 0.05) is 5.56 Å². The molecule has 118 valence electrons. The lowest BCUT2D eigenvalue weighted by atomic mass is 9.87. The molecule has 0 aromatic heterocycles. The van der Waals surface area contributed by atoms with E-state index in [4.69, 9.17) is 4.74 Å². The van der Waals surface area contributed by atoms with Crippen LogP contribution in [0.4, 0.5) is 8.78 Å². The van der Waals surface area contributed by atoms with E-state index in [0.717, 1.165) is 0 Å². The first-order valence-corrected chi connectivity index (χ1v) is 6.88. The smallest absolute Gasteiger partial charge is 0.387 e. The van der Waals surface area contributed by atoms with E-state index in [9.17, 15) is 13.6 Å². The van der Waals surface area contributed by atoms with E-state index in [1.165, 1.54) is 6.07 Å². The van der Waals surface area contributed by atoms with Gasteiger partial charge in [-0.25, -0.2) is 0 Å². The monoisotopic (exact) mass is 301 g/mol. The summed E-state index contributed by atoms with van der Waals surface area (Å²) in [5, 5.41) is 3.15. The number of rotatable bonds is 8. The van der Waals surface area contributed by atoms with Crippen molar-refractivity contribution in [3.63, 3.8) is 0 Å². The average molecular weight is 301 g/mol. The lowest BCUT2D eigenvalue weighted by Gasteiger charge is -2.31. The second-order valence-electron chi connectivity index (χ2n) is 4.72. The molecule has 6 heteroatoms. The van der Waals surface area contributed by atoms with Crippen LogP contribution in [0.2, 0.25) is 0 Å². The van der Waals surface area contributed by atoms with Crippen LogP contribution in [0.25, 0.3) is 0 Å². The van der Waals surface area contributed by atoms with Gasteiger partial charge < -0.3 is 14.8 Å². The van der Waals surface area contributed by atoms with Crippen molar-refractivity contribution in [1.29, 1.82) is 0 Å². The second kappa shape index (κ2) is 7.93. The molecule has 0 spiro atoms. The number of nitrogens with one attached hydrogen (secondary N) is 1. The van der Waals surface area contributed by atoms with Gasteiger partial charge >= 0.3 is 12.6 Å². The summed E-state index contributed by atoms with van der Waals surface area (Å²) in [4.78, 5) is 11.8. The number of carbonyl (C=O) groups is 1. The Morgan fingerprint density at radius 1 is 1.33 bits per heavy atom. The summed E-state index contributed by atoms with van der Waals surface area (Å²) in [6.45, 7) is 3.28. The number of hydrogen-bond acceptors (Lipinski definition) is 4. The van der Waals surface area contributed by atoms with Gasteiger partial charge in [0.25, 0.3) is 0 Å². The quantitative estimate of drug-likeness (QED) is 0.750. The zero-order chi connectivity index (χ0) is 15.9. The maximum absolute atomic E-state index is 12.5. The summed E-state index contributed by atoms with van der Waals surface area (Å²) in [7, 11) is 0. The molecule has 1 N–H and O–H groups in total. The summed E-state index contributed by atoms with van der Waals surface area (Å²) in [5.74, 6) is -0.340. The van der Waals surface area contributed by atoms with Crippen LogP contribution >= 0.6 is 0 Å². The van der Waals surface area contributed by atoms with Crippen LogP contribution < -0.4 is 10.1 Å². The topological polar surface area (TPSA) is 47.6 Å². The van der Waals surface area contributed by atoms with Gasteiger partial charge in [0.05, 0.1) is 18.6 Å². The van der Waals surface area contributed by atoms with Gasteiger partial charge in [-0.05, 0) is 26.5 Å². The fourth-order valence-electron chi connectivity index (χ4n) is 2.27. The van der Waals surface area contributed by atoms with E-state index in [2.05, 4.69) is 10.1 Å². The van der Waals surface area contributed by atoms with Crippen LogP contribution in [0.1, 0.15) is 32.8 Å².